The number of nitrogens with two attached hydrogens (primary N) is 1. The second kappa shape index (κ2) is 3.94. The highest BCUT2D eigenvalue weighted by Gasteiger charge is 2.11. The zero-order valence-corrected chi connectivity index (χ0v) is 9.03. The van der Waals surface area contributed by atoms with Gasteiger partial charge in [0.2, 0.25) is 0 Å². The molecule has 0 saturated heterocycles. The summed E-state index contributed by atoms with van der Waals surface area (Å²) in [5.74, 6) is 0. The smallest absolute Gasteiger partial charge is 0.0716 e. The first-order chi connectivity index (χ1) is 6.79. The van der Waals surface area contributed by atoms with Crippen LogP contribution >= 0.6 is 15.9 Å². The van der Waals surface area contributed by atoms with Gasteiger partial charge in [0.15, 0.2) is 0 Å². The van der Waals surface area contributed by atoms with Crippen molar-refractivity contribution in [1.82, 2.24) is 9.97 Å². The Balaban J connectivity index is 2.37. The predicted octanol–water partition coefficient (Wildman–Crippen LogP) is 2.22. The number of hydrogen-bond acceptors (Lipinski definition) is 2. The first-order valence-electron chi connectivity index (χ1n) is 4.27. The van der Waals surface area contributed by atoms with Crippen LogP contribution in [-0.4, -0.2) is 9.97 Å². The quantitative estimate of drug-likeness (QED) is 0.860. The van der Waals surface area contributed by atoms with Crippen molar-refractivity contribution < 1.29 is 0 Å². The molecule has 2 aromatic rings. The van der Waals surface area contributed by atoms with E-state index in [0.29, 0.717) is 0 Å². The molecule has 0 aliphatic carbocycles. The highest BCUT2D eigenvalue weighted by molar-refractivity contribution is 9.10. The van der Waals surface area contributed by atoms with Gasteiger partial charge in [-0.1, -0.05) is 0 Å². The summed E-state index contributed by atoms with van der Waals surface area (Å²) in [7, 11) is 0. The van der Waals surface area contributed by atoms with Crippen LogP contribution in [-0.2, 0) is 0 Å². The summed E-state index contributed by atoms with van der Waals surface area (Å²) >= 11 is 3.43. The Morgan fingerprint density at radius 1 is 1.43 bits per heavy atom. The molecule has 0 saturated carbocycles. The molecular formula is C10H10BrN3. The van der Waals surface area contributed by atoms with Gasteiger partial charge in [-0.25, -0.2) is 0 Å². The van der Waals surface area contributed by atoms with Crippen LogP contribution < -0.4 is 5.73 Å². The van der Waals surface area contributed by atoms with Gasteiger partial charge in [0.1, 0.15) is 0 Å². The molecular weight excluding hydrogens is 242 g/mol. The van der Waals surface area contributed by atoms with Gasteiger partial charge in [0, 0.05) is 28.8 Å². The number of nitrogens with one attached hydrogen (secondary N) is 1. The summed E-state index contributed by atoms with van der Waals surface area (Å²) in [6.07, 6.45) is 5.35. The predicted molar refractivity (Wildman–Crippen MR) is 58.8 cm³/mol. The molecule has 3 nitrogen and oxygen atoms in total. The number of pyridine rings is 1. The number of hydrogen-bond donors (Lipinski definition) is 2. The standard InChI is InChI=1S/C10H10BrN3/c11-8-6-13-5-3-7(8)10(12)9-2-1-4-14-9/h1-6,10,14H,12H2. The van der Waals surface area contributed by atoms with E-state index in [1.54, 1.807) is 12.4 Å². The van der Waals surface area contributed by atoms with Crippen LogP contribution in [0.1, 0.15) is 17.3 Å². The number of aromatic amines is 1. The lowest BCUT2D eigenvalue weighted by Gasteiger charge is -2.11. The van der Waals surface area contributed by atoms with E-state index in [1.165, 1.54) is 0 Å². The minimum atomic E-state index is -0.137. The van der Waals surface area contributed by atoms with Crippen LogP contribution in [0.15, 0.2) is 41.3 Å². The summed E-state index contributed by atoms with van der Waals surface area (Å²) in [5.41, 5.74) is 8.10. The molecule has 0 bridgehead atoms. The molecule has 0 radical (unpaired) electrons. The molecule has 72 valence electrons. The van der Waals surface area contributed by atoms with Gasteiger partial charge in [-0.15, -0.1) is 0 Å². The Hall–Kier alpha value is -1.13. The van der Waals surface area contributed by atoms with Crippen molar-refractivity contribution in [2.75, 3.05) is 0 Å². The molecule has 2 heterocycles. The average Bonchev–Trinajstić information content (AvgIpc) is 2.70. The van der Waals surface area contributed by atoms with Crippen LogP contribution in [0.25, 0.3) is 0 Å². The van der Waals surface area contributed by atoms with Crippen LogP contribution in [0.3, 0.4) is 0 Å². The summed E-state index contributed by atoms with van der Waals surface area (Å²) in [6.45, 7) is 0. The topological polar surface area (TPSA) is 54.7 Å². The summed E-state index contributed by atoms with van der Waals surface area (Å²) in [4.78, 5) is 7.09. The van der Waals surface area contributed by atoms with E-state index in [0.717, 1.165) is 15.7 Å². The lowest BCUT2D eigenvalue weighted by molar-refractivity contribution is 0.830. The van der Waals surface area contributed by atoms with Crippen molar-refractivity contribution in [2.45, 2.75) is 6.04 Å². The van der Waals surface area contributed by atoms with E-state index in [4.69, 9.17) is 5.73 Å². The van der Waals surface area contributed by atoms with Crippen molar-refractivity contribution in [3.63, 3.8) is 0 Å². The fourth-order valence-corrected chi connectivity index (χ4v) is 1.84. The molecule has 4 heteroatoms. The molecule has 14 heavy (non-hydrogen) atoms. The maximum Gasteiger partial charge on any atom is 0.0716 e. The fraction of sp³-hybridized carbons (Fsp3) is 0.100. The van der Waals surface area contributed by atoms with E-state index < -0.39 is 0 Å². The van der Waals surface area contributed by atoms with E-state index in [-0.39, 0.29) is 6.04 Å². The second-order valence-electron chi connectivity index (χ2n) is 3.00. The molecule has 0 spiro atoms. The summed E-state index contributed by atoms with van der Waals surface area (Å²) in [5, 5.41) is 0. The van der Waals surface area contributed by atoms with Crippen LogP contribution in [0, 0.1) is 0 Å². The van der Waals surface area contributed by atoms with Crippen molar-refractivity contribution in [3.05, 3.63) is 52.5 Å². The fourth-order valence-electron chi connectivity index (χ4n) is 1.34. The zero-order chi connectivity index (χ0) is 9.97. The first-order valence-corrected chi connectivity index (χ1v) is 5.06. The van der Waals surface area contributed by atoms with Gasteiger partial charge in [-0.05, 0) is 39.7 Å². The van der Waals surface area contributed by atoms with Crippen molar-refractivity contribution in [1.29, 1.82) is 0 Å². The molecule has 2 aromatic heterocycles. The van der Waals surface area contributed by atoms with E-state index in [9.17, 15) is 0 Å². The van der Waals surface area contributed by atoms with Gasteiger partial charge in [0.25, 0.3) is 0 Å². The number of nitrogens with zero attached hydrogens (tertiary/aromatic N) is 1. The highest BCUT2D eigenvalue weighted by atomic mass is 79.9. The van der Waals surface area contributed by atoms with Crippen molar-refractivity contribution in [2.24, 2.45) is 5.73 Å². The van der Waals surface area contributed by atoms with Crippen LogP contribution in [0.2, 0.25) is 0 Å². The second-order valence-corrected chi connectivity index (χ2v) is 3.85. The Morgan fingerprint density at radius 3 is 2.93 bits per heavy atom. The Labute approximate surface area is 90.5 Å². The van der Waals surface area contributed by atoms with Crippen molar-refractivity contribution >= 4 is 15.9 Å². The maximum atomic E-state index is 6.07. The SMILES string of the molecule is NC(c1ccc[nH]1)c1ccncc1Br. The van der Waals surface area contributed by atoms with Gasteiger partial charge in [-0.3, -0.25) is 4.98 Å². The molecule has 0 amide bonds. The normalized spacial score (nSPS) is 12.7. The monoisotopic (exact) mass is 251 g/mol. The minimum absolute atomic E-state index is 0.137. The Kier molecular flexibility index (Phi) is 2.65. The third-order valence-corrected chi connectivity index (χ3v) is 2.76. The minimum Gasteiger partial charge on any atom is -0.363 e. The first kappa shape index (κ1) is 9.43. The number of rotatable bonds is 2. The molecule has 0 aliphatic rings. The Morgan fingerprint density at radius 2 is 2.29 bits per heavy atom. The molecule has 1 atom stereocenters. The van der Waals surface area contributed by atoms with Gasteiger partial charge in [-0.2, -0.15) is 0 Å². The molecule has 0 fully saturated rings. The maximum absolute atomic E-state index is 6.07. The number of aromatic nitrogens is 2. The summed E-state index contributed by atoms with van der Waals surface area (Å²) in [6, 6.07) is 5.68. The van der Waals surface area contributed by atoms with E-state index in [2.05, 4.69) is 25.9 Å². The summed E-state index contributed by atoms with van der Waals surface area (Å²) < 4.78 is 0.933. The Bertz CT molecular complexity index is 411. The van der Waals surface area contributed by atoms with Crippen LogP contribution in [0.5, 0.6) is 0 Å². The third-order valence-electron chi connectivity index (χ3n) is 2.10. The molecule has 3 N–H and O–H groups in total. The molecule has 1 unspecified atom stereocenters. The van der Waals surface area contributed by atoms with Crippen molar-refractivity contribution in [3.8, 4) is 0 Å². The molecule has 0 aliphatic heterocycles. The van der Waals surface area contributed by atoms with Gasteiger partial charge in [0.05, 0.1) is 6.04 Å². The van der Waals surface area contributed by atoms with E-state index >= 15 is 0 Å². The van der Waals surface area contributed by atoms with E-state index in [1.807, 2.05) is 24.4 Å². The lowest BCUT2D eigenvalue weighted by Crippen LogP contribution is -2.12. The lowest BCUT2D eigenvalue weighted by atomic mass is 10.1. The third kappa shape index (κ3) is 1.71. The number of halogens is 1. The average molecular weight is 252 g/mol. The molecule has 2 rings (SSSR count). The van der Waals surface area contributed by atoms with Crippen LogP contribution in [0.4, 0.5) is 0 Å². The number of H-pyrrole nitrogens is 1. The van der Waals surface area contributed by atoms with Gasteiger partial charge < -0.3 is 10.7 Å². The largest absolute Gasteiger partial charge is 0.363 e. The highest BCUT2D eigenvalue weighted by Crippen LogP contribution is 2.24. The van der Waals surface area contributed by atoms with Gasteiger partial charge >= 0.3 is 0 Å². The molecule has 0 aromatic carbocycles. The zero-order valence-electron chi connectivity index (χ0n) is 7.44.